The van der Waals surface area contributed by atoms with Gasteiger partial charge in [-0.15, -0.1) is 0 Å². The molecule has 5 heteroatoms. The topological polar surface area (TPSA) is 34.1 Å². The van der Waals surface area contributed by atoms with Gasteiger partial charge < -0.3 is 9.13 Å². The van der Waals surface area contributed by atoms with Gasteiger partial charge in [-0.05, 0) is 90.0 Å². The van der Waals surface area contributed by atoms with Crippen LogP contribution in [-0.4, -0.2) is 26.7 Å². The summed E-state index contributed by atoms with van der Waals surface area (Å²) in [7, 11) is -5.03. The van der Waals surface area contributed by atoms with Crippen molar-refractivity contribution in [2.75, 3.05) is 26.7 Å². The first-order valence-electron chi connectivity index (χ1n) is 10.1. The van der Waals surface area contributed by atoms with Crippen LogP contribution in [0.15, 0.2) is 78.9 Å². The van der Waals surface area contributed by atoms with Crippen LogP contribution in [0.4, 0.5) is 0 Å². The minimum Gasteiger partial charge on any atom is -0.319 e. The molecule has 4 aromatic rings. The number of hydrogen-bond acceptors (Lipinski definition) is 2. The van der Waals surface area contributed by atoms with E-state index in [4.69, 9.17) is 11.6 Å². The van der Waals surface area contributed by atoms with Gasteiger partial charge in [-0.2, -0.15) is 0 Å². The first-order valence-corrected chi connectivity index (χ1v) is 15.7. The van der Waals surface area contributed by atoms with Crippen LogP contribution in [0.1, 0.15) is 0 Å². The summed E-state index contributed by atoms with van der Waals surface area (Å²) in [6.07, 6.45) is 0. The Labute approximate surface area is 189 Å². The molecule has 0 fully saturated rings. The van der Waals surface area contributed by atoms with E-state index in [0.717, 1.165) is 48.7 Å². The Bertz CT molecular complexity index is 1340. The monoisotopic (exact) mass is 467 g/mol. The first-order chi connectivity index (χ1) is 14.5. The van der Waals surface area contributed by atoms with Gasteiger partial charge in [0.1, 0.15) is 14.3 Å². The third kappa shape index (κ3) is 4.58. The Hall–Kier alpha value is -2.11. The highest BCUT2D eigenvalue weighted by Crippen LogP contribution is 2.42. The number of hydrogen-bond donors (Lipinski definition) is 0. The number of benzene rings is 4. The Kier molecular flexibility index (Phi) is 5.78. The third-order valence-corrected chi connectivity index (χ3v) is 8.82. The predicted octanol–water partition coefficient (Wildman–Crippen LogP) is 6.37. The second kappa shape index (κ2) is 8.10. The van der Waals surface area contributed by atoms with Crippen LogP contribution in [0.5, 0.6) is 0 Å². The Morgan fingerprint density at radius 2 is 1.03 bits per heavy atom. The molecule has 0 bridgehead atoms. The van der Waals surface area contributed by atoms with Crippen LogP contribution in [0.25, 0.3) is 33.0 Å². The average molecular weight is 468 g/mol. The largest absolute Gasteiger partial charge is 0.319 e. The van der Waals surface area contributed by atoms with E-state index < -0.39 is 14.3 Å². The maximum Gasteiger partial charge on any atom is 0.225 e. The van der Waals surface area contributed by atoms with Crippen molar-refractivity contribution in [1.82, 2.24) is 0 Å². The van der Waals surface area contributed by atoms with Crippen molar-refractivity contribution in [3.8, 4) is 22.3 Å². The van der Waals surface area contributed by atoms with Gasteiger partial charge in [-0.3, -0.25) is 0 Å². The SMILES string of the molecule is CP(C)(=O)c1cc(-c2ccc(-c3ccc([ClH+])cc3)c3ccccc23)cc(P(C)(C)=O)c1. The molecule has 4 aromatic carbocycles. The summed E-state index contributed by atoms with van der Waals surface area (Å²) in [6.45, 7) is 7.04. The molecule has 158 valence electrons. The molecular formula is C26H26ClO2P2+. The lowest BCUT2D eigenvalue weighted by atomic mass is 9.92. The van der Waals surface area contributed by atoms with Crippen molar-refractivity contribution in [3.63, 3.8) is 0 Å². The summed E-state index contributed by atoms with van der Waals surface area (Å²) in [6, 6.07) is 26.4. The van der Waals surface area contributed by atoms with Crippen LogP contribution in [-0.2, 0) is 9.13 Å². The van der Waals surface area contributed by atoms with Crippen LogP contribution in [0.2, 0.25) is 5.02 Å². The smallest absolute Gasteiger partial charge is 0.225 e. The number of halogens is 1. The van der Waals surface area contributed by atoms with E-state index in [1.807, 2.05) is 42.5 Å². The number of rotatable bonds is 4. The Balaban J connectivity index is 2.00. The quantitative estimate of drug-likeness (QED) is 0.327. The first kappa shape index (κ1) is 22.1. The maximum atomic E-state index is 12.9. The fraction of sp³-hybridized carbons (Fsp3) is 0.154. The minimum absolute atomic E-state index is 0.762. The highest BCUT2D eigenvalue weighted by molar-refractivity contribution is 7.71. The molecule has 2 nitrogen and oxygen atoms in total. The molecule has 0 spiro atoms. The van der Waals surface area contributed by atoms with Gasteiger partial charge >= 0.3 is 0 Å². The third-order valence-electron chi connectivity index (χ3n) is 5.55. The fourth-order valence-corrected chi connectivity index (χ4v) is 5.85. The van der Waals surface area contributed by atoms with Gasteiger partial charge in [0.15, 0.2) is 11.6 Å². The summed E-state index contributed by atoms with van der Waals surface area (Å²) in [5.74, 6) is 0. The zero-order valence-electron chi connectivity index (χ0n) is 18.1. The normalized spacial score (nSPS) is 12.3. The standard InChI is InChI=1S/C26H26ClO2P2/c1-30(2,28)21-15-19(16-22(17-21)31(3,4)29)24-14-13-23(18-9-11-20(27)12-10-18)25-7-5-6-8-26(24)25/h5-17,27H,1-4H3/q+1. The minimum atomic E-state index is -2.52. The van der Waals surface area contributed by atoms with Gasteiger partial charge in [0, 0.05) is 22.7 Å². The Morgan fingerprint density at radius 3 is 1.48 bits per heavy atom. The van der Waals surface area contributed by atoms with Gasteiger partial charge in [0.05, 0.1) is 0 Å². The summed E-state index contributed by atoms with van der Waals surface area (Å²) in [5, 5.41) is 4.59. The van der Waals surface area contributed by atoms with Crippen molar-refractivity contribution in [1.29, 1.82) is 0 Å². The lowest BCUT2D eigenvalue weighted by Gasteiger charge is -2.17. The summed E-state index contributed by atoms with van der Waals surface area (Å²) in [4.78, 5) is 0. The molecule has 0 N–H and O–H groups in total. The molecule has 31 heavy (non-hydrogen) atoms. The van der Waals surface area contributed by atoms with Crippen LogP contribution in [0.3, 0.4) is 0 Å². The highest BCUT2D eigenvalue weighted by atomic mass is 35.5. The van der Waals surface area contributed by atoms with Gasteiger partial charge in [0.2, 0.25) is 5.02 Å². The fourth-order valence-electron chi connectivity index (χ4n) is 3.81. The molecule has 0 saturated carbocycles. The maximum absolute atomic E-state index is 12.9. The summed E-state index contributed by atoms with van der Waals surface area (Å²) < 4.78 is 25.8. The lowest BCUT2D eigenvalue weighted by Crippen LogP contribution is -2.14. The van der Waals surface area contributed by atoms with Crippen LogP contribution < -0.4 is 10.6 Å². The molecule has 0 heterocycles. The van der Waals surface area contributed by atoms with E-state index in [1.54, 1.807) is 26.7 Å². The number of fused-ring (bicyclic) bond motifs is 1. The van der Waals surface area contributed by atoms with Crippen LogP contribution >= 0.6 is 14.3 Å². The van der Waals surface area contributed by atoms with Gasteiger partial charge in [-0.25, -0.2) is 0 Å². The molecule has 0 radical (unpaired) electrons. The highest BCUT2D eigenvalue weighted by Gasteiger charge is 2.20. The van der Waals surface area contributed by atoms with E-state index in [9.17, 15) is 9.13 Å². The molecule has 4 rings (SSSR count). The molecule has 0 aliphatic heterocycles. The van der Waals surface area contributed by atoms with Gasteiger partial charge in [0.25, 0.3) is 0 Å². The van der Waals surface area contributed by atoms with Crippen molar-refractivity contribution in [2.45, 2.75) is 0 Å². The van der Waals surface area contributed by atoms with Crippen molar-refractivity contribution in [2.24, 2.45) is 0 Å². The Morgan fingerprint density at radius 1 is 0.581 bits per heavy atom. The molecule has 0 amide bonds. The van der Waals surface area contributed by atoms with Gasteiger partial charge in [-0.1, -0.05) is 36.4 Å². The van der Waals surface area contributed by atoms with E-state index in [0.29, 0.717) is 0 Å². The molecular weight excluding hydrogens is 442 g/mol. The van der Waals surface area contributed by atoms with E-state index in [1.165, 1.54) is 0 Å². The lowest BCUT2D eigenvalue weighted by molar-refractivity contribution is -0.288. The molecule has 0 aliphatic rings. The van der Waals surface area contributed by atoms with E-state index in [2.05, 4.69) is 36.4 Å². The molecule has 0 unspecified atom stereocenters. The molecule has 0 atom stereocenters. The summed E-state index contributed by atoms with van der Waals surface area (Å²) in [5.41, 5.74) is 4.25. The van der Waals surface area contributed by atoms with Crippen molar-refractivity contribution in [3.05, 3.63) is 83.9 Å². The second-order valence-electron chi connectivity index (χ2n) is 8.67. The molecule has 0 saturated heterocycles. The molecule has 0 aromatic heterocycles. The van der Waals surface area contributed by atoms with Crippen molar-refractivity contribution >= 4 is 35.7 Å². The predicted molar refractivity (Wildman–Crippen MR) is 134 cm³/mol. The van der Waals surface area contributed by atoms with E-state index >= 15 is 0 Å². The molecule has 0 aliphatic carbocycles. The average Bonchev–Trinajstić information content (AvgIpc) is 2.72. The van der Waals surface area contributed by atoms with E-state index in [-0.39, 0.29) is 0 Å². The zero-order valence-corrected chi connectivity index (χ0v) is 20.7. The zero-order chi connectivity index (χ0) is 22.4. The van der Waals surface area contributed by atoms with Crippen LogP contribution in [0, 0.1) is 11.6 Å². The second-order valence-corrected chi connectivity index (χ2v) is 15.6. The summed E-state index contributed by atoms with van der Waals surface area (Å²) >= 11 is 5.24. The van der Waals surface area contributed by atoms with Crippen molar-refractivity contribution < 1.29 is 20.7 Å².